The van der Waals surface area contributed by atoms with Crippen LogP contribution in [0.25, 0.3) is 0 Å². The molecule has 1 fully saturated rings. The molecule has 0 spiro atoms. The molecule has 0 bridgehead atoms. The van der Waals surface area contributed by atoms with Gasteiger partial charge < -0.3 is 9.47 Å². The van der Waals surface area contributed by atoms with Crippen molar-refractivity contribution in [3.05, 3.63) is 22.6 Å². The largest absolute Gasteiger partial charge is 0.353 e. The van der Waals surface area contributed by atoms with Gasteiger partial charge >= 0.3 is 0 Å². The first-order valence-electron chi connectivity index (χ1n) is 6.31. The minimum absolute atomic E-state index is 0.00565. The van der Waals surface area contributed by atoms with E-state index in [0.717, 1.165) is 0 Å². The van der Waals surface area contributed by atoms with Crippen molar-refractivity contribution >= 4 is 10.1 Å². The standard InChI is InChI=1S/C13H20O5S/c1-9-4-5-12(19(14,15)16)11(13(9,2)3)6-10-7-17-8-18-10/h4-5,9-10H,6-8H2,1-3H3,(H,14,15,16). The van der Waals surface area contributed by atoms with Gasteiger partial charge in [0.1, 0.15) is 6.79 Å². The predicted octanol–water partition coefficient (Wildman–Crippen LogP) is 2.12. The number of hydrogen-bond acceptors (Lipinski definition) is 4. The van der Waals surface area contributed by atoms with Crippen molar-refractivity contribution in [2.24, 2.45) is 11.3 Å². The molecule has 5 nitrogen and oxygen atoms in total. The molecule has 2 rings (SSSR count). The van der Waals surface area contributed by atoms with Crippen LogP contribution in [0.3, 0.4) is 0 Å². The molecule has 1 heterocycles. The van der Waals surface area contributed by atoms with Gasteiger partial charge in [0.25, 0.3) is 10.1 Å². The van der Waals surface area contributed by atoms with Gasteiger partial charge in [-0.2, -0.15) is 8.42 Å². The lowest BCUT2D eigenvalue weighted by molar-refractivity contribution is 0.0454. The lowest BCUT2D eigenvalue weighted by Gasteiger charge is -2.37. The van der Waals surface area contributed by atoms with Crippen LogP contribution in [0.1, 0.15) is 27.2 Å². The molecule has 0 saturated carbocycles. The van der Waals surface area contributed by atoms with Crippen molar-refractivity contribution in [1.29, 1.82) is 0 Å². The highest BCUT2D eigenvalue weighted by atomic mass is 32.2. The van der Waals surface area contributed by atoms with Crippen LogP contribution in [0.15, 0.2) is 22.6 Å². The van der Waals surface area contributed by atoms with Crippen molar-refractivity contribution in [2.75, 3.05) is 13.4 Å². The molecule has 2 atom stereocenters. The minimum Gasteiger partial charge on any atom is -0.353 e. The van der Waals surface area contributed by atoms with Crippen LogP contribution in [-0.2, 0) is 19.6 Å². The van der Waals surface area contributed by atoms with Gasteiger partial charge in [0, 0.05) is 0 Å². The summed E-state index contributed by atoms with van der Waals surface area (Å²) in [5, 5.41) is 0. The quantitative estimate of drug-likeness (QED) is 0.805. The summed E-state index contributed by atoms with van der Waals surface area (Å²) in [6, 6.07) is 0. The summed E-state index contributed by atoms with van der Waals surface area (Å²) in [4.78, 5) is 0.00565. The average molecular weight is 288 g/mol. The van der Waals surface area contributed by atoms with Crippen LogP contribution in [0.4, 0.5) is 0 Å². The Morgan fingerprint density at radius 2 is 2.16 bits per heavy atom. The first-order chi connectivity index (χ1) is 8.73. The van der Waals surface area contributed by atoms with Gasteiger partial charge in [-0.3, -0.25) is 4.55 Å². The molecule has 6 heteroatoms. The monoisotopic (exact) mass is 288 g/mol. The van der Waals surface area contributed by atoms with Gasteiger partial charge in [-0.05, 0) is 29.4 Å². The SMILES string of the molecule is CC1C=CC(S(=O)(=O)O)=C(CC2COCO2)C1(C)C. The first kappa shape index (κ1) is 14.7. The van der Waals surface area contributed by atoms with E-state index >= 15 is 0 Å². The van der Waals surface area contributed by atoms with Crippen molar-refractivity contribution in [3.63, 3.8) is 0 Å². The van der Waals surface area contributed by atoms with Crippen LogP contribution in [0.2, 0.25) is 0 Å². The van der Waals surface area contributed by atoms with E-state index in [1.807, 2.05) is 26.8 Å². The molecule has 2 aliphatic rings. The Labute approximate surface area is 114 Å². The van der Waals surface area contributed by atoms with Crippen molar-refractivity contribution in [2.45, 2.75) is 33.3 Å². The summed E-state index contributed by atoms with van der Waals surface area (Å²) in [5.74, 6) is 0.190. The highest BCUT2D eigenvalue weighted by Crippen LogP contribution is 2.44. The summed E-state index contributed by atoms with van der Waals surface area (Å²) in [7, 11) is -4.21. The number of ether oxygens (including phenoxy) is 2. The molecular weight excluding hydrogens is 268 g/mol. The Hall–Kier alpha value is -0.690. The maximum atomic E-state index is 11.5. The predicted molar refractivity (Wildman–Crippen MR) is 71.0 cm³/mol. The Morgan fingerprint density at radius 3 is 2.68 bits per heavy atom. The molecule has 2 unspecified atom stereocenters. The second-order valence-electron chi connectivity index (χ2n) is 5.67. The first-order valence-corrected chi connectivity index (χ1v) is 7.75. The third-order valence-electron chi connectivity index (χ3n) is 4.15. The molecule has 0 amide bonds. The molecule has 0 radical (unpaired) electrons. The highest BCUT2D eigenvalue weighted by molar-refractivity contribution is 7.90. The van der Waals surface area contributed by atoms with E-state index in [1.54, 1.807) is 0 Å². The molecule has 1 aliphatic heterocycles. The molecule has 19 heavy (non-hydrogen) atoms. The fourth-order valence-corrected chi connectivity index (χ4v) is 3.40. The second kappa shape index (κ2) is 5.01. The van der Waals surface area contributed by atoms with Gasteiger partial charge in [0.05, 0.1) is 17.6 Å². The van der Waals surface area contributed by atoms with E-state index in [9.17, 15) is 13.0 Å². The molecule has 0 aromatic carbocycles. The minimum atomic E-state index is -4.21. The summed E-state index contributed by atoms with van der Waals surface area (Å²) in [6.07, 6.45) is 3.62. The lowest BCUT2D eigenvalue weighted by Crippen LogP contribution is -2.31. The normalized spacial score (nSPS) is 30.9. The zero-order valence-electron chi connectivity index (χ0n) is 11.4. The van der Waals surface area contributed by atoms with Gasteiger partial charge in [-0.1, -0.05) is 26.8 Å². The van der Waals surface area contributed by atoms with Crippen LogP contribution < -0.4 is 0 Å². The summed E-state index contributed by atoms with van der Waals surface area (Å²) in [6.45, 7) is 6.69. The van der Waals surface area contributed by atoms with Gasteiger partial charge in [0.15, 0.2) is 0 Å². The lowest BCUT2D eigenvalue weighted by atomic mass is 9.69. The fourth-order valence-electron chi connectivity index (χ4n) is 2.49. The van der Waals surface area contributed by atoms with E-state index in [1.165, 1.54) is 6.08 Å². The van der Waals surface area contributed by atoms with Crippen molar-refractivity contribution < 1.29 is 22.4 Å². The van der Waals surface area contributed by atoms with Crippen molar-refractivity contribution in [1.82, 2.24) is 0 Å². The van der Waals surface area contributed by atoms with E-state index in [2.05, 4.69) is 0 Å². The zero-order chi connectivity index (χ0) is 14.3. The Balaban J connectivity index is 2.43. The molecule has 1 saturated heterocycles. The average Bonchev–Trinajstić information content (AvgIpc) is 2.76. The Bertz CT molecular complexity index is 509. The maximum absolute atomic E-state index is 11.5. The Kier molecular flexibility index (Phi) is 3.88. The van der Waals surface area contributed by atoms with E-state index in [0.29, 0.717) is 18.6 Å². The zero-order valence-corrected chi connectivity index (χ0v) is 12.2. The molecule has 0 aromatic heterocycles. The maximum Gasteiger partial charge on any atom is 0.294 e. The van der Waals surface area contributed by atoms with Crippen LogP contribution >= 0.6 is 0 Å². The third-order valence-corrected chi connectivity index (χ3v) is 5.09. The third kappa shape index (κ3) is 2.91. The molecule has 0 aromatic rings. The number of hydrogen-bond donors (Lipinski definition) is 1. The van der Waals surface area contributed by atoms with Crippen molar-refractivity contribution in [3.8, 4) is 0 Å². The molecule has 108 valence electrons. The number of rotatable bonds is 3. The summed E-state index contributed by atoms with van der Waals surface area (Å²) in [5.41, 5.74) is 0.367. The topological polar surface area (TPSA) is 72.8 Å². The number of allylic oxidation sites excluding steroid dienone is 2. The Morgan fingerprint density at radius 1 is 1.47 bits per heavy atom. The second-order valence-corrected chi connectivity index (χ2v) is 7.06. The van der Waals surface area contributed by atoms with Gasteiger partial charge in [0.2, 0.25) is 0 Å². The van der Waals surface area contributed by atoms with E-state index < -0.39 is 10.1 Å². The summed E-state index contributed by atoms with van der Waals surface area (Å²) >= 11 is 0. The molecule has 1 N–H and O–H groups in total. The summed E-state index contributed by atoms with van der Waals surface area (Å²) < 4.78 is 43.0. The van der Waals surface area contributed by atoms with Gasteiger partial charge in [-0.25, -0.2) is 0 Å². The van der Waals surface area contributed by atoms with E-state index in [4.69, 9.17) is 9.47 Å². The van der Waals surface area contributed by atoms with Gasteiger partial charge in [-0.15, -0.1) is 0 Å². The fraction of sp³-hybridized carbons (Fsp3) is 0.692. The smallest absolute Gasteiger partial charge is 0.294 e. The van der Waals surface area contributed by atoms with Crippen LogP contribution in [-0.4, -0.2) is 32.5 Å². The van der Waals surface area contributed by atoms with Crippen LogP contribution in [0, 0.1) is 11.3 Å². The molecule has 1 aliphatic carbocycles. The van der Waals surface area contributed by atoms with E-state index in [-0.39, 0.29) is 29.1 Å². The molecular formula is C13H20O5S. The highest BCUT2D eigenvalue weighted by Gasteiger charge is 2.38. The van der Waals surface area contributed by atoms with Crippen LogP contribution in [0.5, 0.6) is 0 Å².